The molecule has 0 bridgehead atoms. The maximum Gasteiger partial charge on any atom is 0.119 e. The van der Waals surface area contributed by atoms with Crippen LogP contribution in [-0.2, 0) is 6.54 Å². The smallest absolute Gasteiger partial charge is 0.119 e. The number of benzene rings is 1. The first-order valence-electron chi connectivity index (χ1n) is 6.71. The van der Waals surface area contributed by atoms with Crippen LogP contribution in [0.1, 0.15) is 5.56 Å². The van der Waals surface area contributed by atoms with Crippen LogP contribution in [0.15, 0.2) is 22.7 Å². The second-order valence-corrected chi connectivity index (χ2v) is 5.81. The van der Waals surface area contributed by atoms with Crippen molar-refractivity contribution in [1.29, 1.82) is 0 Å². The summed E-state index contributed by atoms with van der Waals surface area (Å²) in [5, 5.41) is 0. The predicted octanol–water partition coefficient (Wildman–Crippen LogP) is 1.53. The molecule has 1 saturated heterocycles. The van der Waals surface area contributed by atoms with Gasteiger partial charge in [-0.25, -0.2) is 0 Å². The van der Waals surface area contributed by atoms with Crippen molar-refractivity contribution in [3.8, 4) is 5.75 Å². The molecule has 1 aromatic carbocycles. The average molecular weight is 328 g/mol. The number of piperazine rings is 1. The molecule has 106 valence electrons. The van der Waals surface area contributed by atoms with Crippen LogP contribution < -0.4 is 10.5 Å². The lowest BCUT2D eigenvalue weighted by Crippen LogP contribution is -2.45. The minimum atomic E-state index is 0.524. The second kappa shape index (κ2) is 7.24. The fourth-order valence-electron chi connectivity index (χ4n) is 2.16. The maximum atomic E-state index is 5.80. The van der Waals surface area contributed by atoms with Crippen molar-refractivity contribution >= 4 is 15.9 Å². The van der Waals surface area contributed by atoms with Crippen molar-refractivity contribution in [2.24, 2.45) is 5.73 Å². The standard InChI is InChI=1S/C14H22BrN3O/c1-17-4-6-18(7-5-17)8-9-19-13-2-3-14(15)12(10-13)11-16/h2-3,10H,4-9,11,16H2,1H3. The topological polar surface area (TPSA) is 41.7 Å². The van der Waals surface area contributed by atoms with Gasteiger partial charge >= 0.3 is 0 Å². The van der Waals surface area contributed by atoms with Crippen LogP contribution in [0.4, 0.5) is 0 Å². The van der Waals surface area contributed by atoms with E-state index < -0.39 is 0 Å². The van der Waals surface area contributed by atoms with E-state index in [1.165, 1.54) is 0 Å². The highest BCUT2D eigenvalue weighted by Gasteiger charge is 2.13. The minimum absolute atomic E-state index is 0.524. The van der Waals surface area contributed by atoms with Gasteiger partial charge in [-0.15, -0.1) is 0 Å². The Morgan fingerprint density at radius 2 is 2.00 bits per heavy atom. The number of halogens is 1. The fraction of sp³-hybridized carbons (Fsp3) is 0.571. The number of likely N-dealkylation sites (N-methyl/N-ethyl adjacent to an activating group) is 1. The van der Waals surface area contributed by atoms with Crippen LogP contribution in [0.5, 0.6) is 5.75 Å². The first kappa shape index (κ1) is 14.8. The summed E-state index contributed by atoms with van der Waals surface area (Å²) in [7, 11) is 2.17. The normalized spacial score (nSPS) is 17.6. The van der Waals surface area contributed by atoms with Crippen LogP contribution in [0, 0.1) is 0 Å². The highest BCUT2D eigenvalue weighted by atomic mass is 79.9. The third-order valence-electron chi connectivity index (χ3n) is 3.51. The van der Waals surface area contributed by atoms with E-state index in [1.54, 1.807) is 0 Å². The summed E-state index contributed by atoms with van der Waals surface area (Å²) in [5.41, 5.74) is 6.76. The summed E-state index contributed by atoms with van der Waals surface area (Å²) in [6, 6.07) is 5.98. The molecule has 0 saturated carbocycles. The minimum Gasteiger partial charge on any atom is -0.492 e. The molecule has 1 heterocycles. The SMILES string of the molecule is CN1CCN(CCOc2ccc(Br)c(CN)c2)CC1. The van der Waals surface area contributed by atoms with Crippen molar-refractivity contribution < 1.29 is 4.74 Å². The van der Waals surface area contributed by atoms with Gasteiger partial charge in [0, 0.05) is 43.7 Å². The molecule has 0 aliphatic carbocycles. The van der Waals surface area contributed by atoms with Gasteiger partial charge in [0.15, 0.2) is 0 Å². The molecule has 1 aliphatic rings. The molecule has 0 unspecified atom stereocenters. The van der Waals surface area contributed by atoms with Crippen molar-refractivity contribution in [1.82, 2.24) is 9.80 Å². The first-order chi connectivity index (χ1) is 9.19. The van der Waals surface area contributed by atoms with E-state index in [1.807, 2.05) is 18.2 Å². The zero-order valence-electron chi connectivity index (χ0n) is 11.4. The molecule has 1 fully saturated rings. The predicted molar refractivity (Wildman–Crippen MR) is 81.5 cm³/mol. The first-order valence-corrected chi connectivity index (χ1v) is 7.50. The molecular weight excluding hydrogens is 306 g/mol. The Labute approximate surface area is 123 Å². The summed E-state index contributed by atoms with van der Waals surface area (Å²) in [6.07, 6.45) is 0. The molecule has 0 amide bonds. The van der Waals surface area contributed by atoms with Crippen molar-refractivity contribution in [3.63, 3.8) is 0 Å². The summed E-state index contributed by atoms with van der Waals surface area (Å²) < 4.78 is 6.84. The van der Waals surface area contributed by atoms with E-state index in [9.17, 15) is 0 Å². The molecular formula is C14H22BrN3O. The van der Waals surface area contributed by atoms with Gasteiger partial charge in [0.05, 0.1) is 0 Å². The van der Waals surface area contributed by atoms with Gasteiger partial charge in [0.2, 0.25) is 0 Å². The number of hydrogen-bond acceptors (Lipinski definition) is 4. The van der Waals surface area contributed by atoms with Crippen molar-refractivity contribution in [3.05, 3.63) is 28.2 Å². The second-order valence-electron chi connectivity index (χ2n) is 4.95. The van der Waals surface area contributed by atoms with Gasteiger partial charge in [-0.3, -0.25) is 4.90 Å². The zero-order chi connectivity index (χ0) is 13.7. The number of nitrogens with zero attached hydrogens (tertiary/aromatic N) is 2. The lowest BCUT2D eigenvalue weighted by molar-refractivity contribution is 0.133. The summed E-state index contributed by atoms with van der Waals surface area (Å²) >= 11 is 3.48. The van der Waals surface area contributed by atoms with E-state index in [0.717, 1.165) is 55.1 Å². The summed E-state index contributed by atoms with van der Waals surface area (Å²) in [5.74, 6) is 0.901. The van der Waals surface area contributed by atoms with Crippen LogP contribution in [0.2, 0.25) is 0 Å². The quantitative estimate of drug-likeness (QED) is 0.890. The monoisotopic (exact) mass is 327 g/mol. The molecule has 1 aromatic rings. The lowest BCUT2D eigenvalue weighted by Gasteiger charge is -2.32. The molecule has 19 heavy (non-hydrogen) atoms. The highest BCUT2D eigenvalue weighted by Crippen LogP contribution is 2.22. The molecule has 5 heteroatoms. The fourth-order valence-corrected chi connectivity index (χ4v) is 2.57. The zero-order valence-corrected chi connectivity index (χ0v) is 13.0. The molecule has 1 aliphatic heterocycles. The van der Waals surface area contributed by atoms with Gasteiger partial charge in [-0.1, -0.05) is 15.9 Å². The van der Waals surface area contributed by atoms with Crippen LogP contribution in [0.3, 0.4) is 0 Å². The molecule has 0 aromatic heterocycles. The van der Waals surface area contributed by atoms with E-state index >= 15 is 0 Å². The number of nitrogens with two attached hydrogens (primary N) is 1. The van der Waals surface area contributed by atoms with Crippen molar-refractivity contribution in [2.45, 2.75) is 6.54 Å². The third kappa shape index (κ3) is 4.45. The Hall–Kier alpha value is -0.620. The Morgan fingerprint density at radius 3 is 2.68 bits per heavy atom. The van der Waals surface area contributed by atoms with Crippen molar-refractivity contribution in [2.75, 3.05) is 46.4 Å². The van der Waals surface area contributed by atoms with Gasteiger partial charge < -0.3 is 15.4 Å². The molecule has 0 spiro atoms. The molecule has 4 nitrogen and oxygen atoms in total. The van der Waals surface area contributed by atoms with Gasteiger partial charge in [0.25, 0.3) is 0 Å². The number of ether oxygens (including phenoxy) is 1. The number of rotatable bonds is 5. The Balaban J connectivity index is 1.76. The average Bonchev–Trinajstić information content (AvgIpc) is 2.43. The molecule has 0 radical (unpaired) electrons. The maximum absolute atomic E-state index is 5.80. The van der Waals surface area contributed by atoms with Gasteiger partial charge in [0.1, 0.15) is 12.4 Å². The highest BCUT2D eigenvalue weighted by molar-refractivity contribution is 9.10. The van der Waals surface area contributed by atoms with Crippen LogP contribution >= 0.6 is 15.9 Å². The van der Waals surface area contributed by atoms with Crippen LogP contribution in [-0.4, -0.2) is 56.2 Å². The Bertz CT molecular complexity index is 406. The van der Waals surface area contributed by atoms with E-state index in [4.69, 9.17) is 10.5 Å². The summed E-state index contributed by atoms with van der Waals surface area (Å²) in [4.78, 5) is 4.81. The van der Waals surface area contributed by atoms with Crippen LogP contribution in [0.25, 0.3) is 0 Å². The number of hydrogen-bond donors (Lipinski definition) is 1. The molecule has 2 rings (SSSR count). The van der Waals surface area contributed by atoms with E-state index in [0.29, 0.717) is 6.54 Å². The molecule has 2 N–H and O–H groups in total. The van der Waals surface area contributed by atoms with E-state index in [-0.39, 0.29) is 0 Å². The third-order valence-corrected chi connectivity index (χ3v) is 4.28. The summed E-state index contributed by atoms with van der Waals surface area (Å²) in [6.45, 7) is 6.81. The largest absolute Gasteiger partial charge is 0.492 e. The lowest BCUT2D eigenvalue weighted by atomic mass is 10.2. The van der Waals surface area contributed by atoms with E-state index in [2.05, 4.69) is 32.8 Å². The Kier molecular flexibility index (Phi) is 5.63. The Morgan fingerprint density at radius 1 is 1.26 bits per heavy atom. The van der Waals surface area contributed by atoms with Gasteiger partial charge in [-0.05, 0) is 30.8 Å². The molecule has 0 atom stereocenters. The van der Waals surface area contributed by atoms with Gasteiger partial charge in [-0.2, -0.15) is 0 Å².